The molecule has 1 atom stereocenters. The Hall–Kier alpha value is -1.65. The van der Waals surface area contributed by atoms with E-state index in [1.165, 1.54) is 4.88 Å². The molecular formula is C15H18N2OS. The summed E-state index contributed by atoms with van der Waals surface area (Å²) in [5.74, 6) is -0.333. The first kappa shape index (κ1) is 13.8. The third kappa shape index (κ3) is 3.66. The Bertz CT molecular complexity index is 537. The molecule has 0 radical (unpaired) electrons. The molecule has 0 saturated heterocycles. The van der Waals surface area contributed by atoms with Crippen LogP contribution in [-0.4, -0.2) is 12.5 Å². The van der Waals surface area contributed by atoms with E-state index in [9.17, 15) is 4.79 Å². The number of carbonyl (C=O) groups excluding carboxylic acids is 1. The normalized spacial score (nSPS) is 12.3. The molecule has 1 heterocycles. The third-order valence-electron chi connectivity index (χ3n) is 3.08. The summed E-state index contributed by atoms with van der Waals surface area (Å²) in [5, 5.41) is 5.30. The van der Waals surface area contributed by atoms with E-state index in [4.69, 9.17) is 5.73 Å². The van der Waals surface area contributed by atoms with E-state index in [1.54, 1.807) is 11.3 Å². The van der Waals surface area contributed by atoms with Gasteiger partial charge in [0.05, 0.1) is 0 Å². The fraction of sp³-hybridized carbons (Fsp3) is 0.267. The number of hydrogen-bond acceptors (Lipinski definition) is 3. The van der Waals surface area contributed by atoms with Gasteiger partial charge in [0.1, 0.15) is 6.04 Å². The van der Waals surface area contributed by atoms with Crippen molar-refractivity contribution in [3.8, 4) is 0 Å². The van der Waals surface area contributed by atoms with Gasteiger partial charge < -0.3 is 11.1 Å². The first-order valence-electron chi connectivity index (χ1n) is 6.29. The highest BCUT2D eigenvalue weighted by atomic mass is 32.1. The molecule has 1 amide bonds. The molecule has 19 heavy (non-hydrogen) atoms. The van der Waals surface area contributed by atoms with Crippen LogP contribution in [0.2, 0.25) is 0 Å². The van der Waals surface area contributed by atoms with Crippen LogP contribution in [0, 0.1) is 6.92 Å². The molecule has 4 heteroatoms. The van der Waals surface area contributed by atoms with Crippen molar-refractivity contribution in [2.24, 2.45) is 5.73 Å². The van der Waals surface area contributed by atoms with Crippen LogP contribution in [0.15, 0.2) is 41.8 Å². The van der Waals surface area contributed by atoms with Crippen LogP contribution >= 0.6 is 11.3 Å². The molecule has 0 aliphatic heterocycles. The number of benzene rings is 1. The largest absolute Gasteiger partial charge is 0.368 e. The average Bonchev–Trinajstić information content (AvgIpc) is 2.89. The zero-order chi connectivity index (χ0) is 13.7. The molecule has 0 saturated carbocycles. The predicted octanol–water partition coefficient (Wildman–Crippen LogP) is 2.42. The summed E-state index contributed by atoms with van der Waals surface area (Å²) in [6, 6.07) is 11.5. The van der Waals surface area contributed by atoms with Gasteiger partial charge in [0.15, 0.2) is 0 Å². The number of rotatable bonds is 6. The molecule has 0 fully saturated rings. The lowest BCUT2D eigenvalue weighted by Gasteiger charge is -2.17. The average molecular weight is 274 g/mol. The first-order chi connectivity index (χ1) is 9.18. The van der Waals surface area contributed by atoms with Gasteiger partial charge in [-0.15, -0.1) is 11.3 Å². The predicted molar refractivity (Wildman–Crippen MR) is 79.1 cm³/mol. The number of carbonyl (C=O) groups is 1. The minimum Gasteiger partial charge on any atom is -0.368 e. The lowest BCUT2D eigenvalue weighted by molar-refractivity contribution is -0.120. The van der Waals surface area contributed by atoms with E-state index in [-0.39, 0.29) is 5.91 Å². The summed E-state index contributed by atoms with van der Waals surface area (Å²) in [5.41, 5.74) is 7.54. The van der Waals surface area contributed by atoms with Crippen LogP contribution in [0.3, 0.4) is 0 Å². The second-order valence-corrected chi connectivity index (χ2v) is 5.51. The summed E-state index contributed by atoms with van der Waals surface area (Å²) in [7, 11) is 0. The second kappa shape index (κ2) is 6.50. The van der Waals surface area contributed by atoms with Crippen LogP contribution in [0.25, 0.3) is 0 Å². The van der Waals surface area contributed by atoms with Crippen LogP contribution < -0.4 is 11.1 Å². The minimum atomic E-state index is -0.416. The molecule has 1 aromatic heterocycles. The molecule has 2 aromatic rings. The molecule has 1 unspecified atom stereocenters. The number of aryl methyl sites for hydroxylation is 1. The van der Waals surface area contributed by atoms with Crippen LogP contribution in [0.4, 0.5) is 0 Å². The standard InChI is InChI=1S/C15H18N2OS/c1-11-5-2-3-7-13(11)14(15(16)18)17-9-8-12-6-4-10-19-12/h2-7,10,14,17H,8-9H2,1H3,(H2,16,18). The van der Waals surface area contributed by atoms with Gasteiger partial charge in [0, 0.05) is 11.4 Å². The maximum absolute atomic E-state index is 11.6. The monoisotopic (exact) mass is 274 g/mol. The van der Waals surface area contributed by atoms with Gasteiger partial charge in [0.2, 0.25) is 5.91 Å². The summed E-state index contributed by atoms with van der Waals surface area (Å²) in [6.07, 6.45) is 0.910. The molecule has 3 nitrogen and oxygen atoms in total. The fourth-order valence-corrected chi connectivity index (χ4v) is 2.78. The van der Waals surface area contributed by atoms with E-state index < -0.39 is 6.04 Å². The van der Waals surface area contributed by atoms with E-state index in [0.717, 1.165) is 24.1 Å². The van der Waals surface area contributed by atoms with Gasteiger partial charge >= 0.3 is 0 Å². The lowest BCUT2D eigenvalue weighted by Crippen LogP contribution is -2.35. The summed E-state index contributed by atoms with van der Waals surface area (Å²) >= 11 is 1.73. The highest BCUT2D eigenvalue weighted by Crippen LogP contribution is 2.17. The Morgan fingerprint density at radius 2 is 2.11 bits per heavy atom. The Balaban J connectivity index is 2.01. The highest BCUT2D eigenvalue weighted by molar-refractivity contribution is 7.09. The van der Waals surface area contributed by atoms with Crippen molar-refractivity contribution in [2.45, 2.75) is 19.4 Å². The first-order valence-corrected chi connectivity index (χ1v) is 7.17. The van der Waals surface area contributed by atoms with Gasteiger partial charge in [-0.05, 0) is 35.9 Å². The summed E-state index contributed by atoms with van der Waals surface area (Å²) < 4.78 is 0. The molecule has 0 bridgehead atoms. The van der Waals surface area contributed by atoms with Crippen LogP contribution in [0.1, 0.15) is 22.0 Å². The molecular weight excluding hydrogens is 256 g/mol. The van der Waals surface area contributed by atoms with Gasteiger partial charge in [-0.25, -0.2) is 0 Å². The molecule has 0 aliphatic carbocycles. The van der Waals surface area contributed by atoms with E-state index in [0.29, 0.717) is 0 Å². The Kier molecular flexibility index (Phi) is 4.71. The van der Waals surface area contributed by atoms with E-state index in [1.807, 2.05) is 37.3 Å². The second-order valence-electron chi connectivity index (χ2n) is 4.48. The van der Waals surface area contributed by atoms with Crippen molar-refractivity contribution in [1.29, 1.82) is 0 Å². The molecule has 1 aromatic carbocycles. The van der Waals surface area contributed by atoms with Crippen molar-refractivity contribution in [1.82, 2.24) is 5.32 Å². The minimum absolute atomic E-state index is 0.333. The van der Waals surface area contributed by atoms with Gasteiger partial charge in [-0.1, -0.05) is 30.3 Å². The summed E-state index contributed by atoms with van der Waals surface area (Å²) in [6.45, 7) is 2.73. The van der Waals surface area contributed by atoms with Gasteiger partial charge in [-0.3, -0.25) is 4.79 Å². The number of nitrogens with one attached hydrogen (secondary N) is 1. The highest BCUT2D eigenvalue weighted by Gasteiger charge is 2.18. The van der Waals surface area contributed by atoms with E-state index in [2.05, 4.69) is 16.8 Å². The number of hydrogen-bond donors (Lipinski definition) is 2. The van der Waals surface area contributed by atoms with Gasteiger partial charge in [0.25, 0.3) is 0 Å². The topological polar surface area (TPSA) is 55.1 Å². The number of thiophene rings is 1. The van der Waals surface area contributed by atoms with Crippen LogP contribution in [0.5, 0.6) is 0 Å². The smallest absolute Gasteiger partial charge is 0.239 e. The maximum atomic E-state index is 11.6. The molecule has 0 aliphatic rings. The molecule has 0 spiro atoms. The quantitative estimate of drug-likeness (QED) is 0.850. The molecule has 3 N–H and O–H groups in total. The SMILES string of the molecule is Cc1ccccc1C(NCCc1cccs1)C(N)=O. The maximum Gasteiger partial charge on any atom is 0.239 e. The van der Waals surface area contributed by atoms with Crippen molar-refractivity contribution >= 4 is 17.2 Å². The van der Waals surface area contributed by atoms with E-state index >= 15 is 0 Å². The number of amides is 1. The Morgan fingerprint density at radius 3 is 2.74 bits per heavy atom. The zero-order valence-corrected chi connectivity index (χ0v) is 11.7. The van der Waals surface area contributed by atoms with Crippen molar-refractivity contribution < 1.29 is 4.79 Å². The van der Waals surface area contributed by atoms with Gasteiger partial charge in [-0.2, -0.15) is 0 Å². The Morgan fingerprint density at radius 1 is 1.32 bits per heavy atom. The molecule has 2 rings (SSSR count). The van der Waals surface area contributed by atoms with Crippen molar-refractivity contribution in [2.75, 3.05) is 6.54 Å². The number of primary amides is 1. The zero-order valence-electron chi connectivity index (χ0n) is 10.9. The third-order valence-corrected chi connectivity index (χ3v) is 4.02. The fourth-order valence-electron chi connectivity index (χ4n) is 2.07. The summed E-state index contributed by atoms with van der Waals surface area (Å²) in [4.78, 5) is 12.9. The van der Waals surface area contributed by atoms with Crippen LogP contribution in [-0.2, 0) is 11.2 Å². The number of nitrogens with two attached hydrogens (primary N) is 1. The lowest BCUT2D eigenvalue weighted by atomic mass is 10.0. The molecule has 100 valence electrons. The van der Waals surface area contributed by atoms with Crippen molar-refractivity contribution in [3.05, 3.63) is 57.8 Å². The van der Waals surface area contributed by atoms with Crippen molar-refractivity contribution in [3.63, 3.8) is 0 Å². The Labute approximate surface area is 117 Å².